The molecule has 3 aromatic rings. The lowest BCUT2D eigenvalue weighted by molar-refractivity contribution is 0.324. The summed E-state index contributed by atoms with van der Waals surface area (Å²) in [5, 5.41) is 7.41. The van der Waals surface area contributed by atoms with Crippen LogP contribution < -0.4 is 25.3 Å². The number of hydrogen-bond donors (Lipinski definition) is 2. The predicted molar refractivity (Wildman–Crippen MR) is 103 cm³/mol. The van der Waals surface area contributed by atoms with E-state index in [1.165, 1.54) is 0 Å². The zero-order valence-electron chi connectivity index (χ0n) is 15.2. The summed E-state index contributed by atoms with van der Waals surface area (Å²) in [6.07, 6.45) is 5.40. The lowest BCUT2D eigenvalue weighted by Crippen LogP contribution is -2.04. The second kappa shape index (κ2) is 7.58. The van der Waals surface area contributed by atoms with Crippen molar-refractivity contribution in [3.8, 4) is 35.3 Å². The highest BCUT2D eigenvalue weighted by molar-refractivity contribution is 5.66. The Labute approximate surface area is 156 Å². The third kappa shape index (κ3) is 3.57. The average molecular weight is 365 g/mol. The second-order valence-corrected chi connectivity index (χ2v) is 5.44. The quantitative estimate of drug-likeness (QED) is 0.648. The first kappa shape index (κ1) is 17.9. The van der Waals surface area contributed by atoms with Crippen molar-refractivity contribution in [2.75, 3.05) is 32.4 Å². The Bertz CT molecular complexity index is 965. The lowest BCUT2D eigenvalue weighted by atomic mass is 10.2. The van der Waals surface area contributed by atoms with Crippen molar-refractivity contribution in [3.05, 3.63) is 42.0 Å². The molecule has 0 saturated carbocycles. The van der Waals surface area contributed by atoms with E-state index in [0.717, 1.165) is 11.3 Å². The Balaban J connectivity index is 2.00. The summed E-state index contributed by atoms with van der Waals surface area (Å²) in [7, 11) is 4.65. The fourth-order valence-corrected chi connectivity index (χ4v) is 2.57. The molecule has 0 spiro atoms. The van der Waals surface area contributed by atoms with E-state index < -0.39 is 0 Å². The van der Waals surface area contributed by atoms with Crippen LogP contribution in [0.2, 0.25) is 0 Å². The minimum Gasteiger partial charge on any atom is -0.493 e. The molecule has 3 N–H and O–H groups in total. The minimum atomic E-state index is 0.131. The van der Waals surface area contributed by atoms with Crippen LogP contribution in [0.15, 0.2) is 36.4 Å². The van der Waals surface area contributed by atoms with Gasteiger partial charge in [-0.2, -0.15) is 9.67 Å². The Morgan fingerprint density at radius 3 is 2.19 bits per heavy atom. The van der Waals surface area contributed by atoms with Gasteiger partial charge in [-0.05, 0) is 24.3 Å². The van der Waals surface area contributed by atoms with Crippen LogP contribution >= 0.6 is 0 Å². The van der Waals surface area contributed by atoms with Crippen molar-refractivity contribution in [1.29, 1.82) is 0 Å². The average Bonchev–Trinajstić information content (AvgIpc) is 3.07. The van der Waals surface area contributed by atoms with Gasteiger partial charge in [0, 0.05) is 23.4 Å². The molecule has 2 aromatic carbocycles. The number of ether oxygens (including phenoxy) is 3. The van der Waals surface area contributed by atoms with Gasteiger partial charge in [0.05, 0.1) is 27.0 Å². The van der Waals surface area contributed by atoms with Crippen LogP contribution in [0.5, 0.6) is 17.2 Å². The smallest absolute Gasteiger partial charge is 0.241 e. The van der Waals surface area contributed by atoms with E-state index in [1.807, 2.05) is 24.3 Å². The SMILES string of the molecule is C#Cc1ccc(-n2nc(N)nc2Nc2cc(OC)c(OC)c(OC)c2)cc1. The maximum Gasteiger partial charge on any atom is 0.241 e. The van der Waals surface area contributed by atoms with Crippen LogP contribution in [0, 0.1) is 12.3 Å². The highest BCUT2D eigenvalue weighted by atomic mass is 16.5. The maximum absolute atomic E-state index is 5.80. The number of nitrogens with one attached hydrogen (secondary N) is 1. The summed E-state index contributed by atoms with van der Waals surface area (Å²) < 4.78 is 17.7. The molecule has 0 unspecified atom stereocenters. The van der Waals surface area contributed by atoms with Crippen molar-refractivity contribution in [3.63, 3.8) is 0 Å². The number of terminal acetylenes is 1. The molecule has 0 atom stereocenters. The molecule has 0 bridgehead atoms. The summed E-state index contributed by atoms with van der Waals surface area (Å²) in [5.41, 5.74) is 7.99. The summed E-state index contributed by atoms with van der Waals surface area (Å²) in [4.78, 5) is 4.24. The molecular formula is C19H19N5O3. The van der Waals surface area contributed by atoms with E-state index >= 15 is 0 Å². The molecule has 0 aliphatic rings. The van der Waals surface area contributed by atoms with Gasteiger partial charge in [-0.15, -0.1) is 11.5 Å². The van der Waals surface area contributed by atoms with Gasteiger partial charge in [0.1, 0.15) is 0 Å². The minimum absolute atomic E-state index is 0.131. The monoisotopic (exact) mass is 365 g/mol. The number of nitrogen functional groups attached to an aromatic ring is 1. The van der Waals surface area contributed by atoms with Crippen molar-refractivity contribution in [1.82, 2.24) is 14.8 Å². The van der Waals surface area contributed by atoms with Gasteiger partial charge in [0.2, 0.25) is 17.6 Å². The topological polar surface area (TPSA) is 96.5 Å². The van der Waals surface area contributed by atoms with Gasteiger partial charge in [-0.25, -0.2) is 0 Å². The molecule has 0 saturated heterocycles. The molecule has 3 rings (SSSR count). The summed E-state index contributed by atoms with van der Waals surface area (Å²) >= 11 is 0. The van der Waals surface area contributed by atoms with Crippen LogP contribution in [0.25, 0.3) is 5.69 Å². The van der Waals surface area contributed by atoms with Gasteiger partial charge in [0.25, 0.3) is 0 Å². The van der Waals surface area contributed by atoms with Gasteiger partial charge in [-0.3, -0.25) is 0 Å². The molecule has 0 amide bonds. The number of nitrogens with two attached hydrogens (primary N) is 1. The van der Waals surface area contributed by atoms with E-state index in [1.54, 1.807) is 38.1 Å². The Hall–Kier alpha value is -3.86. The number of aromatic nitrogens is 3. The fourth-order valence-electron chi connectivity index (χ4n) is 2.57. The maximum atomic E-state index is 5.80. The molecule has 27 heavy (non-hydrogen) atoms. The standard InChI is InChI=1S/C19H19N5O3/c1-5-12-6-8-14(9-7-12)24-19(22-18(20)23-24)21-13-10-15(25-2)17(27-4)16(11-13)26-3/h1,6-11H,2-4H3,(H3,20,21,22,23). The Morgan fingerprint density at radius 1 is 1.04 bits per heavy atom. The van der Waals surface area contributed by atoms with Crippen molar-refractivity contribution in [2.24, 2.45) is 0 Å². The molecule has 8 nitrogen and oxygen atoms in total. The third-order valence-electron chi connectivity index (χ3n) is 3.82. The van der Waals surface area contributed by atoms with E-state index in [9.17, 15) is 0 Å². The Kier molecular flexibility index (Phi) is 5.04. The Morgan fingerprint density at radius 2 is 1.67 bits per heavy atom. The number of anilines is 3. The van der Waals surface area contributed by atoms with Gasteiger partial charge >= 0.3 is 0 Å². The number of rotatable bonds is 6. The van der Waals surface area contributed by atoms with Crippen molar-refractivity contribution < 1.29 is 14.2 Å². The van der Waals surface area contributed by atoms with Crippen LogP contribution in [-0.2, 0) is 0 Å². The van der Waals surface area contributed by atoms with E-state index in [4.69, 9.17) is 26.4 Å². The van der Waals surface area contributed by atoms with Gasteiger partial charge in [-0.1, -0.05) is 5.92 Å². The lowest BCUT2D eigenvalue weighted by Gasteiger charge is -2.15. The molecule has 0 aliphatic heterocycles. The van der Waals surface area contributed by atoms with Crippen molar-refractivity contribution >= 4 is 17.6 Å². The number of nitrogens with zero attached hydrogens (tertiary/aromatic N) is 3. The van der Waals surface area contributed by atoms with E-state index in [0.29, 0.717) is 28.9 Å². The van der Waals surface area contributed by atoms with Crippen LogP contribution in [0.3, 0.4) is 0 Å². The third-order valence-corrected chi connectivity index (χ3v) is 3.82. The summed E-state index contributed by atoms with van der Waals surface area (Å²) in [6, 6.07) is 10.8. The largest absolute Gasteiger partial charge is 0.493 e. The number of benzene rings is 2. The molecule has 0 radical (unpaired) electrons. The normalized spacial score (nSPS) is 10.1. The molecule has 0 aliphatic carbocycles. The molecule has 0 fully saturated rings. The van der Waals surface area contributed by atoms with Gasteiger partial charge < -0.3 is 25.3 Å². The first-order chi connectivity index (χ1) is 13.1. The molecule has 138 valence electrons. The molecule has 8 heteroatoms. The summed E-state index contributed by atoms with van der Waals surface area (Å²) in [6.45, 7) is 0. The fraction of sp³-hybridized carbons (Fsp3) is 0.158. The van der Waals surface area contributed by atoms with Crippen LogP contribution in [0.4, 0.5) is 17.6 Å². The van der Waals surface area contributed by atoms with Gasteiger partial charge in [0.15, 0.2) is 11.5 Å². The van der Waals surface area contributed by atoms with Crippen LogP contribution in [-0.4, -0.2) is 36.1 Å². The molecular weight excluding hydrogens is 346 g/mol. The molecule has 1 aromatic heterocycles. The first-order valence-corrected chi connectivity index (χ1v) is 7.96. The highest BCUT2D eigenvalue weighted by Gasteiger charge is 2.16. The molecule has 1 heterocycles. The van der Waals surface area contributed by atoms with E-state index in [-0.39, 0.29) is 5.95 Å². The number of hydrogen-bond acceptors (Lipinski definition) is 7. The zero-order valence-corrected chi connectivity index (χ0v) is 15.2. The number of methoxy groups -OCH3 is 3. The highest BCUT2D eigenvalue weighted by Crippen LogP contribution is 2.40. The van der Waals surface area contributed by atoms with Crippen molar-refractivity contribution in [2.45, 2.75) is 0 Å². The van der Waals surface area contributed by atoms with E-state index in [2.05, 4.69) is 21.3 Å². The van der Waals surface area contributed by atoms with Crippen LogP contribution in [0.1, 0.15) is 5.56 Å². The zero-order chi connectivity index (χ0) is 19.4. The second-order valence-electron chi connectivity index (χ2n) is 5.44. The summed E-state index contributed by atoms with van der Waals surface area (Å²) in [5.74, 6) is 4.65. The predicted octanol–water partition coefficient (Wildman–Crippen LogP) is 2.60. The first-order valence-electron chi connectivity index (χ1n) is 7.96.